The number of para-hydroxylation sites is 1. The summed E-state index contributed by atoms with van der Waals surface area (Å²) in [6.07, 6.45) is 1.65. The van der Waals surface area contributed by atoms with Crippen LogP contribution in [0.4, 0.5) is 5.69 Å². The van der Waals surface area contributed by atoms with Crippen LogP contribution < -0.4 is 27.3 Å². The zero-order valence-electron chi connectivity index (χ0n) is 24.3. The maximum Gasteiger partial charge on any atom is 0.224 e. The summed E-state index contributed by atoms with van der Waals surface area (Å²) in [5.74, 6) is 0.343. The van der Waals surface area contributed by atoms with Gasteiger partial charge in [0.1, 0.15) is 17.0 Å². The van der Waals surface area contributed by atoms with Gasteiger partial charge >= 0.3 is 0 Å². The van der Waals surface area contributed by atoms with Gasteiger partial charge in [-0.25, -0.2) is 0 Å². The van der Waals surface area contributed by atoms with E-state index in [-0.39, 0.29) is 23.5 Å². The van der Waals surface area contributed by atoms with Crippen molar-refractivity contribution in [2.24, 2.45) is 17.4 Å². The highest BCUT2D eigenvalue weighted by Crippen LogP contribution is 2.56. The average molecular weight is 600 g/mol. The highest BCUT2D eigenvalue weighted by atomic mass is 32.2. The van der Waals surface area contributed by atoms with Gasteiger partial charge in [0.25, 0.3) is 0 Å². The van der Waals surface area contributed by atoms with Crippen molar-refractivity contribution in [3.8, 4) is 11.5 Å². The molecule has 7 N–H and O–H groups in total. The number of Topliss-reactive ketones (excluding diaryl/α,β-unsaturated/α-hetero) is 1. The van der Waals surface area contributed by atoms with Crippen LogP contribution in [0.25, 0.3) is 0 Å². The summed E-state index contributed by atoms with van der Waals surface area (Å²) >= 11 is 1.43. The second-order valence-electron chi connectivity index (χ2n) is 11.6. The molecule has 3 aromatic rings. The molecule has 43 heavy (non-hydrogen) atoms. The summed E-state index contributed by atoms with van der Waals surface area (Å²) in [6.45, 7) is 4.87. The summed E-state index contributed by atoms with van der Waals surface area (Å²) in [4.78, 5) is 42.3. The van der Waals surface area contributed by atoms with E-state index >= 15 is 0 Å². The molecule has 0 spiro atoms. The van der Waals surface area contributed by atoms with Gasteiger partial charge in [0, 0.05) is 41.9 Å². The van der Waals surface area contributed by atoms with E-state index in [1.165, 1.54) is 11.8 Å². The smallest absolute Gasteiger partial charge is 0.224 e. The maximum atomic E-state index is 14.2. The molecule has 4 unspecified atom stereocenters. The van der Waals surface area contributed by atoms with Crippen LogP contribution in [-0.2, 0) is 19.9 Å². The van der Waals surface area contributed by atoms with Crippen LogP contribution in [0.3, 0.4) is 0 Å². The minimum absolute atomic E-state index is 0.0943. The molecule has 224 valence electrons. The third-order valence-corrected chi connectivity index (χ3v) is 10.4. The number of nitrogen functional groups attached to an aromatic ring is 1. The minimum Gasteiger partial charge on any atom is -0.457 e. The summed E-state index contributed by atoms with van der Waals surface area (Å²) < 4.78 is 6.01. The molecule has 0 bridgehead atoms. The van der Waals surface area contributed by atoms with Crippen molar-refractivity contribution in [3.05, 3.63) is 82.9 Å². The molecular formula is C33H37N5O4S. The number of hydrogen-bond acceptors (Lipinski definition) is 8. The fourth-order valence-corrected chi connectivity index (χ4v) is 8.20. The molecule has 1 aliphatic carbocycles. The van der Waals surface area contributed by atoms with Crippen molar-refractivity contribution in [2.75, 3.05) is 18.8 Å². The van der Waals surface area contributed by atoms with Crippen molar-refractivity contribution in [1.82, 2.24) is 10.2 Å². The molecular weight excluding hydrogens is 562 g/mol. The molecule has 10 heteroatoms. The lowest BCUT2D eigenvalue weighted by Crippen LogP contribution is -2.61. The van der Waals surface area contributed by atoms with Gasteiger partial charge in [0.2, 0.25) is 11.8 Å². The number of ether oxygens (including phenoxy) is 1. The molecule has 1 saturated heterocycles. The first-order valence-corrected chi connectivity index (χ1v) is 15.6. The Balaban J connectivity index is 1.29. The standard InChI is InChI=1S/C33H37N5O4S/c1-3-25(39)38-15-13-19(14-16-38)31(41)37-32-27-26-23(11-12-24(34)29(26)43-32)33(36,30(40)28(27)35)22-10-9-21(17-18(22)2)42-20-7-5-4-6-8-20/h4-12,17,19,27-28,32H,3,13-16,34-36H2,1-2H3,(H,37,41). The molecule has 4 atom stereocenters. The molecule has 0 saturated carbocycles. The number of nitrogens with one attached hydrogen (secondary N) is 1. The van der Waals surface area contributed by atoms with E-state index in [2.05, 4.69) is 5.32 Å². The lowest BCUT2D eigenvalue weighted by atomic mass is 9.65. The Morgan fingerprint density at radius 3 is 2.42 bits per heavy atom. The number of carbonyl (C=O) groups is 3. The number of hydrogen-bond donors (Lipinski definition) is 4. The van der Waals surface area contributed by atoms with Gasteiger partial charge in [-0.1, -0.05) is 49.0 Å². The summed E-state index contributed by atoms with van der Waals surface area (Å²) in [6, 6.07) is 17.6. The lowest BCUT2D eigenvalue weighted by Gasteiger charge is -2.42. The second-order valence-corrected chi connectivity index (χ2v) is 12.8. The van der Waals surface area contributed by atoms with Gasteiger partial charge < -0.3 is 32.2 Å². The van der Waals surface area contributed by atoms with Gasteiger partial charge in [0.05, 0.1) is 11.4 Å². The van der Waals surface area contributed by atoms with E-state index in [4.69, 9.17) is 21.9 Å². The highest BCUT2D eigenvalue weighted by molar-refractivity contribution is 8.00. The molecule has 1 fully saturated rings. The Labute approximate surface area is 255 Å². The first-order valence-electron chi connectivity index (χ1n) is 14.7. The van der Waals surface area contributed by atoms with Gasteiger partial charge in [-0.05, 0) is 72.4 Å². The van der Waals surface area contributed by atoms with Crippen LogP contribution in [0.1, 0.15) is 54.4 Å². The zero-order chi connectivity index (χ0) is 30.5. The van der Waals surface area contributed by atoms with Crippen molar-refractivity contribution in [1.29, 1.82) is 0 Å². The van der Waals surface area contributed by atoms with Crippen molar-refractivity contribution in [2.45, 2.75) is 60.9 Å². The fraction of sp³-hybridized carbons (Fsp3) is 0.364. The number of ketones is 1. The molecule has 6 rings (SSSR count). The third-order valence-electron chi connectivity index (χ3n) is 9.04. The topological polar surface area (TPSA) is 154 Å². The van der Waals surface area contributed by atoms with E-state index in [0.717, 1.165) is 16.0 Å². The van der Waals surface area contributed by atoms with E-state index in [1.807, 2.05) is 73.3 Å². The molecule has 3 aliphatic rings. The number of likely N-dealkylation sites (tertiary alicyclic amines) is 1. The Morgan fingerprint density at radius 2 is 1.74 bits per heavy atom. The maximum absolute atomic E-state index is 14.2. The second kappa shape index (κ2) is 11.3. The van der Waals surface area contributed by atoms with Crippen LogP contribution in [0.5, 0.6) is 11.5 Å². The van der Waals surface area contributed by atoms with Crippen LogP contribution in [-0.4, -0.2) is 47.0 Å². The van der Waals surface area contributed by atoms with Crippen molar-refractivity contribution >= 4 is 35.0 Å². The molecule has 0 aromatic heterocycles. The third kappa shape index (κ3) is 4.97. The number of thioether (sulfide) groups is 1. The van der Waals surface area contributed by atoms with E-state index in [0.29, 0.717) is 60.7 Å². The molecule has 3 aromatic carbocycles. The molecule has 2 heterocycles. The number of carbonyl (C=O) groups excluding carboxylic acids is 3. The van der Waals surface area contributed by atoms with Crippen LogP contribution in [0.15, 0.2) is 65.6 Å². The number of rotatable bonds is 6. The monoisotopic (exact) mass is 599 g/mol. The first kappa shape index (κ1) is 29.2. The summed E-state index contributed by atoms with van der Waals surface area (Å²) in [5, 5.41) is 2.71. The number of nitrogens with zero attached hydrogens (tertiary/aromatic N) is 1. The highest BCUT2D eigenvalue weighted by Gasteiger charge is 2.56. The SMILES string of the molecule is CCC(=O)N1CCC(C(=O)NC2Sc3c(N)ccc4c3C2C(N)C(=O)C4(N)c2ccc(Oc3ccccc3)cc2C)CC1. The summed E-state index contributed by atoms with van der Waals surface area (Å²) in [7, 11) is 0. The van der Waals surface area contributed by atoms with Crippen molar-refractivity contribution < 1.29 is 19.1 Å². The molecule has 2 amide bonds. The first-order chi connectivity index (χ1) is 20.6. The largest absolute Gasteiger partial charge is 0.457 e. The number of benzene rings is 3. The van der Waals surface area contributed by atoms with E-state index in [9.17, 15) is 14.4 Å². The minimum atomic E-state index is -1.50. The normalized spacial score (nSPS) is 24.9. The number of piperidine rings is 1. The number of nitrogens with two attached hydrogens (primary N) is 3. The number of amides is 2. The van der Waals surface area contributed by atoms with Gasteiger partial charge in [-0.2, -0.15) is 0 Å². The van der Waals surface area contributed by atoms with Crippen molar-refractivity contribution in [3.63, 3.8) is 0 Å². The number of aryl methyl sites for hydroxylation is 1. The molecule has 0 radical (unpaired) electrons. The van der Waals surface area contributed by atoms with Crippen LogP contribution >= 0.6 is 11.8 Å². The van der Waals surface area contributed by atoms with Gasteiger partial charge in [-0.3, -0.25) is 14.4 Å². The van der Waals surface area contributed by atoms with Crippen LogP contribution in [0, 0.1) is 12.8 Å². The number of anilines is 1. The van der Waals surface area contributed by atoms with Gasteiger partial charge in [-0.15, -0.1) is 0 Å². The Bertz CT molecular complexity index is 1590. The zero-order valence-corrected chi connectivity index (χ0v) is 25.2. The Hall–Kier alpha value is -3.86. The predicted molar refractivity (Wildman–Crippen MR) is 167 cm³/mol. The molecule has 2 aliphatic heterocycles. The van der Waals surface area contributed by atoms with Crippen LogP contribution in [0.2, 0.25) is 0 Å². The Morgan fingerprint density at radius 1 is 1.05 bits per heavy atom. The summed E-state index contributed by atoms with van der Waals surface area (Å²) in [5.41, 5.74) is 22.3. The van der Waals surface area contributed by atoms with E-state index in [1.54, 1.807) is 6.07 Å². The molecule has 9 nitrogen and oxygen atoms in total. The fourth-order valence-electron chi connectivity index (χ4n) is 6.74. The quantitative estimate of drug-likeness (QED) is 0.313. The average Bonchev–Trinajstić information content (AvgIpc) is 3.39. The predicted octanol–water partition coefficient (Wildman–Crippen LogP) is 3.76. The lowest BCUT2D eigenvalue weighted by molar-refractivity contribution is -0.135. The Kier molecular flexibility index (Phi) is 7.70. The van der Waals surface area contributed by atoms with Gasteiger partial charge in [0.15, 0.2) is 5.78 Å². The van der Waals surface area contributed by atoms with E-state index < -0.39 is 22.9 Å².